The molecule has 0 saturated carbocycles. The summed E-state index contributed by atoms with van der Waals surface area (Å²) in [7, 11) is 1.54. The first-order valence-corrected chi connectivity index (χ1v) is 10.6. The maximum absolute atomic E-state index is 13.3. The molecule has 168 valence electrons. The van der Waals surface area contributed by atoms with E-state index in [9.17, 15) is 9.59 Å². The molecule has 8 heteroatoms. The number of hydrogen-bond donors (Lipinski definition) is 1. The van der Waals surface area contributed by atoms with Gasteiger partial charge in [0.2, 0.25) is 5.91 Å². The highest BCUT2D eigenvalue weighted by molar-refractivity contribution is 5.99. The van der Waals surface area contributed by atoms with Gasteiger partial charge in [-0.2, -0.15) is 9.90 Å². The highest BCUT2D eigenvalue weighted by Gasteiger charge is 2.24. The van der Waals surface area contributed by atoms with Crippen molar-refractivity contribution in [3.63, 3.8) is 0 Å². The molecule has 0 aliphatic heterocycles. The Balaban J connectivity index is 1.80. The van der Waals surface area contributed by atoms with Gasteiger partial charge in [0.25, 0.3) is 5.91 Å². The lowest BCUT2D eigenvalue weighted by atomic mass is 10.1. The molecule has 32 heavy (non-hydrogen) atoms. The monoisotopic (exact) mass is 435 g/mol. The molecule has 0 atom stereocenters. The molecule has 0 aliphatic carbocycles. The summed E-state index contributed by atoms with van der Waals surface area (Å²) >= 11 is 0. The van der Waals surface area contributed by atoms with Crippen LogP contribution in [-0.4, -0.2) is 51.9 Å². The Morgan fingerprint density at radius 3 is 2.53 bits per heavy atom. The molecule has 3 rings (SSSR count). The van der Waals surface area contributed by atoms with Crippen LogP contribution in [-0.2, 0) is 4.79 Å². The second-order valence-corrected chi connectivity index (χ2v) is 7.69. The molecule has 1 heterocycles. The Bertz CT molecular complexity index is 1120. The van der Waals surface area contributed by atoms with Crippen LogP contribution in [0.3, 0.4) is 0 Å². The van der Waals surface area contributed by atoms with E-state index in [4.69, 9.17) is 4.74 Å². The van der Waals surface area contributed by atoms with Crippen LogP contribution < -0.4 is 10.1 Å². The molecule has 0 bridgehead atoms. The van der Waals surface area contributed by atoms with E-state index in [1.165, 1.54) is 9.70 Å². The van der Waals surface area contributed by atoms with Gasteiger partial charge < -0.3 is 15.0 Å². The van der Waals surface area contributed by atoms with Crippen molar-refractivity contribution in [1.82, 2.24) is 19.9 Å². The molecular formula is C24H29N5O3. The second kappa shape index (κ2) is 10.1. The van der Waals surface area contributed by atoms with Crippen LogP contribution >= 0.6 is 0 Å². The number of benzene rings is 2. The number of aromatic nitrogens is 3. The summed E-state index contributed by atoms with van der Waals surface area (Å²) in [4.78, 5) is 28.9. The van der Waals surface area contributed by atoms with Crippen molar-refractivity contribution in [3.05, 3.63) is 65.0 Å². The van der Waals surface area contributed by atoms with Gasteiger partial charge in [0.1, 0.15) is 12.3 Å². The first-order valence-electron chi connectivity index (χ1n) is 10.6. The Hall–Kier alpha value is -3.68. The topological polar surface area (TPSA) is 89.4 Å². The summed E-state index contributed by atoms with van der Waals surface area (Å²) in [5, 5.41) is 11.7. The number of nitrogens with one attached hydrogen (secondary N) is 1. The largest absolute Gasteiger partial charge is 0.495 e. The SMILES string of the molecule is CCCN(CC(=O)Nc1ccccc1OC)C(=O)c1nn(-c2ccc(C)cc2C)nc1C. The Morgan fingerprint density at radius 1 is 1.09 bits per heavy atom. The van der Waals surface area contributed by atoms with Crippen molar-refractivity contribution in [2.45, 2.75) is 34.1 Å². The van der Waals surface area contributed by atoms with Gasteiger partial charge in [-0.25, -0.2) is 0 Å². The quantitative estimate of drug-likeness (QED) is 0.583. The van der Waals surface area contributed by atoms with Crippen LogP contribution in [0.5, 0.6) is 5.75 Å². The summed E-state index contributed by atoms with van der Waals surface area (Å²) in [6, 6.07) is 13.1. The van der Waals surface area contributed by atoms with E-state index in [1.54, 1.807) is 26.2 Å². The van der Waals surface area contributed by atoms with Crippen molar-refractivity contribution in [3.8, 4) is 11.4 Å². The number of amides is 2. The average Bonchev–Trinajstić information content (AvgIpc) is 3.14. The molecule has 1 aromatic heterocycles. The molecule has 8 nitrogen and oxygen atoms in total. The molecule has 3 aromatic rings. The molecule has 0 radical (unpaired) electrons. The predicted octanol–water partition coefficient (Wildman–Crippen LogP) is 3.69. The fraction of sp³-hybridized carbons (Fsp3) is 0.333. The summed E-state index contributed by atoms with van der Waals surface area (Å²) in [6.07, 6.45) is 0.706. The third-order valence-corrected chi connectivity index (χ3v) is 5.05. The van der Waals surface area contributed by atoms with Crippen molar-refractivity contribution >= 4 is 17.5 Å². The molecule has 0 saturated heterocycles. The number of methoxy groups -OCH3 is 1. The number of nitrogens with zero attached hydrogens (tertiary/aromatic N) is 4. The third-order valence-electron chi connectivity index (χ3n) is 5.05. The molecule has 0 aliphatic rings. The van der Waals surface area contributed by atoms with Crippen LogP contribution in [0.25, 0.3) is 5.69 Å². The van der Waals surface area contributed by atoms with Crippen molar-refractivity contribution in [1.29, 1.82) is 0 Å². The molecular weight excluding hydrogens is 406 g/mol. The summed E-state index contributed by atoms with van der Waals surface area (Å²) in [5.74, 6) is -0.0762. The van der Waals surface area contributed by atoms with Crippen LogP contribution in [0.2, 0.25) is 0 Å². The van der Waals surface area contributed by atoms with E-state index < -0.39 is 0 Å². The summed E-state index contributed by atoms with van der Waals surface area (Å²) in [6.45, 7) is 8.03. The van der Waals surface area contributed by atoms with Crippen LogP contribution in [0, 0.1) is 20.8 Å². The zero-order valence-corrected chi connectivity index (χ0v) is 19.2. The third kappa shape index (κ3) is 5.14. The minimum absolute atomic E-state index is 0.0966. The number of para-hydroxylation sites is 2. The average molecular weight is 436 g/mol. The standard InChI is InChI=1S/C24H29N5O3/c1-6-13-28(15-22(30)25-19-9-7-8-10-21(19)32-5)24(31)23-18(4)26-29(27-23)20-12-11-16(2)14-17(20)3/h7-12,14H,6,13,15H2,1-5H3,(H,25,30). The molecule has 1 N–H and O–H groups in total. The Kier molecular flexibility index (Phi) is 7.25. The number of ether oxygens (including phenoxy) is 1. The van der Waals surface area contributed by atoms with E-state index >= 15 is 0 Å². The van der Waals surface area contributed by atoms with Gasteiger partial charge in [0.15, 0.2) is 5.69 Å². The lowest BCUT2D eigenvalue weighted by Gasteiger charge is -2.21. The fourth-order valence-corrected chi connectivity index (χ4v) is 3.50. The number of rotatable bonds is 8. The smallest absolute Gasteiger partial charge is 0.276 e. The van der Waals surface area contributed by atoms with Crippen molar-refractivity contribution in [2.24, 2.45) is 0 Å². The van der Waals surface area contributed by atoms with Gasteiger partial charge in [-0.1, -0.05) is 36.8 Å². The Morgan fingerprint density at radius 2 is 1.84 bits per heavy atom. The lowest BCUT2D eigenvalue weighted by molar-refractivity contribution is -0.116. The summed E-state index contributed by atoms with van der Waals surface area (Å²) in [5.41, 5.74) is 4.28. The van der Waals surface area contributed by atoms with Gasteiger partial charge in [-0.05, 0) is 51.0 Å². The minimum atomic E-state index is -0.324. The van der Waals surface area contributed by atoms with E-state index in [2.05, 4.69) is 15.5 Å². The van der Waals surface area contributed by atoms with E-state index in [1.807, 2.05) is 51.1 Å². The second-order valence-electron chi connectivity index (χ2n) is 7.69. The molecule has 0 unspecified atom stereocenters. The van der Waals surface area contributed by atoms with Gasteiger partial charge >= 0.3 is 0 Å². The van der Waals surface area contributed by atoms with Gasteiger partial charge in [0, 0.05) is 6.54 Å². The normalized spacial score (nSPS) is 10.7. The zero-order valence-electron chi connectivity index (χ0n) is 19.2. The van der Waals surface area contributed by atoms with Crippen molar-refractivity contribution in [2.75, 3.05) is 25.5 Å². The highest BCUT2D eigenvalue weighted by atomic mass is 16.5. The number of carbonyl (C=O) groups excluding carboxylic acids is 2. The Labute approximate surface area is 188 Å². The summed E-state index contributed by atoms with van der Waals surface area (Å²) < 4.78 is 5.28. The maximum atomic E-state index is 13.3. The van der Waals surface area contributed by atoms with Crippen LogP contribution in [0.1, 0.15) is 40.7 Å². The van der Waals surface area contributed by atoms with Crippen molar-refractivity contribution < 1.29 is 14.3 Å². The van der Waals surface area contributed by atoms with E-state index in [0.717, 1.165) is 16.8 Å². The number of anilines is 1. The zero-order chi connectivity index (χ0) is 23.3. The predicted molar refractivity (Wildman–Crippen MR) is 123 cm³/mol. The van der Waals surface area contributed by atoms with Gasteiger partial charge in [0.05, 0.1) is 24.2 Å². The van der Waals surface area contributed by atoms with Crippen LogP contribution in [0.4, 0.5) is 5.69 Å². The maximum Gasteiger partial charge on any atom is 0.276 e. The van der Waals surface area contributed by atoms with E-state index in [0.29, 0.717) is 30.1 Å². The first kappa shape index (κ1) is 23.0. The fourth-order valence-electron chi connectivity index (χ4n) is 3.50. The molecule has 2 aromatic carbocycles. The lowest BCUT2D eigenvalue weighted by Crippen LogP contribution is -2.39. The number of hydrogen-bond acceptors (Lipinski definition) is 5. The minimum Gasteiger partial charge on any atom is -0.495 e. The molecule has 0 fully saturated rings. The molecule has 2 amide bonds. The van der Waals surface area contributed by atoms with Crippen LogP contribution in [0.15, 0.2) is 42.5 Å². The molecule has 0 spiro atoms. The number of carbonyl (C=O) groups is 2. The van der Waals surface area contributed by atoms with Gasteiger partial charge in [-0.15, -0.1) is 5.10 Å². The van der Waals surface area contributed by atoms with Gasteiger partial charge in [-0.3, -0.25) is 9.59 Å². The first-order chi connectivity index (χ1) is 15.3. The highest BCUT2D eigenvalue weighted by Crippen LogP contribution is 2.23. The van der Waals surface area contributed by atoms with E-state index in [-0.39, 0.29) is 24.1 Å². The number of aryl methyl sites for hydroxylation is 3.